The van der Waals surface area contributed by atoms with Crippen LogP contribution in [-0.4, -0.2) is 57.5 Å². The Bertz CT molecular complexity index is 135. The first-order chi connectivity index (χ1) is 7.06. The van der Waals surface area contributed by atoms with Gasteiger partial charge in [-0.2, -0.15) is 0 Å². The Balaban J connectivity index is 3.44. The first-order valence-electron chi connectivity index (χ1n) is 6.08. The van der Waals surface area contributed by atoms with E-state index in [0.717, 1.165) is 0 Å². The largest absolute Gasteiger partial charge is 0.113 e. The summed E-state index contributed by atoms with van der Waals surface area (Å²) < 4.78 is 0. The average Bonchev–Trinajstić information content (AvgIpc) is 2.16. The number of rotatable bonds is 9. The van der Waals surface area contributed by atoms with Crippen molar-refractivity contribution in [3.63, 3.8) is 0 Å². The molecule has 0 aliphatic carbocycles. The Morgan fingerprint density at radius 3 is 1.67 bits per heavy atom. The van der Waals surface area contributed by atoms with E-state index in [1.165, 1.54) is 31.3 Å². The summed E-state index contributed by atoms with van der Waals surface area (Å²) in [7, 11) is 1.11. The molecule has 92 valence electrons. The molecule has 0 saturated heterocycles. The fourth-order valence-corrected chi connectivity index (χ4v) is 6.65. The molecule has 0 saturated carbocycles. The number of hydrogen-bond acceptors (Lipinski definition) is 0. The molecular weight excluding hydrogens is 237 g/mol. The van der Waals surface area contributed by atoms with Gasteiger partial charge in [-0.25, -0.2) is 0 Å². The van der Waals surface area contributed by atoms with Gasteiger partial charge in [0.2, 0.25) is 0 Å². The topological polar surface area (TPSA) is 0 Å². The van der Waals surface area contributed by atoms with Crippen molar-refractivity contribution in [2.24, 2.45) is 0 Å². The zero-order valence-corrected chi connectivity index (χ0v) is 14.0. The summed E-state index contributed by atoms with van der Waals surface area (Å²) in [5.41, 5.74) is 0. The molecule has 0 spiro atoms. The van der Waals surface area contributed by atoms with Crippen LogP contribution in [0.1, 0.15) is 19.8 Å². The van der Waals surface area contributed by atoms with Gasteiger partial charge in [0, 0.05) is 0 Å². The third-order valence-electron chi connectivity index (χ3n) is 2.64. The highest BCUT2D eigenvalue weighted by molar-refractivity contribution is 7.61. The molecule has 1 atom stereocenters. The van der Waals surface area contributed by atoms with Crippen LogP contribution in [0.2, 0.25) is 0 Å². The van der Waals surface area contributed by atoms with Crippen LogP contribution in [0.3, 0.4) is 0 Å². The SMILES string of the molecule is CCP(CCCCP(C)C)CCP(C)C. The Morgan fingerprint density at radius 2 is 1.20 bits per heavy atom. The maximum Gasteiger partial charge on any atom is -0.0287 e. The predicted octanol–water partition coefficient (Wildman–Crippen LogP) is 4.75. The molecular formula is C12H29P3. The van der Waals surface area contributed by atoms with E-state index in [4.69, 9.17) is 0 Å². The lowest BCUT2D eigenvalue weighted by molar-refractivity contribution is 0.895. The molecule has 0 aromatic rings. The van der Waals surface area contributed by atoms with Crippen LogP contribution in [0.4, 0.5) is 0 Å². The van der Waals surface area contributed by atoms with Gasteiger partial charge in [-0.05, 0) is 70.3 Å². The molecule has 0 aromatic carbocycles. The van der Waals surface area contributed by atoms with E-state index in [1.807, 2.05) is 0 Å². The van der Waals surface area contributed by atoms with E-state index in [9.17, 15) is 0 Å². The standard InChI is InChI=1S/C12H29P3/c1-6-15(12-11-14(4)5)10-8-7-9-13(2)3/h6-12H2,1-5H3. The van der Waals surface area contributed by atoms with Crippen molar-refractivity contribution in [3.8, 4) is 0 Å². The molecule has 0 nitrogen and oxygen atoms in total. The second kappa shape index (κ2) is 10.4. The Morgan fingerprint density at radius 1 is 0.667 bits per heavy atom. The van der Waals surface area contributed by atoms with Crippen molar-refractivity contribution < 1.29 is 0 Å². The minimum Gasteiger partial charge on any atom is -0.113 e. The fourth-order valence-electron chi connectivity index (χ4n) is 1.53. The van der Waals surface area contributed by atoms with Crippen LogP contribution >= 0.6 is 23.8 Å². The third-order valence-corrected chi connectivity index (χ3v) is 8.02. The molecule has 15 heavy (non-hydrogen) atoms. The summed E-state index contributed by atoms with van der Waals surface area (Å²) >= 11 is 0. The summed E-state index contributed by atoms with van der Waals surface area (Å²) in [4.78, 5) is 0. The van der Waals surface area contributed by atoms with Crippen molar-refractivity contribution in [2.75, 3.05) is 57.5 Å². The maximum atomic E-state index is 2.42. The van der Waals surface area contributed by atoms with E-state index < -0.39 is 0 Å². The van der Waals surface area contributed by atoms with Gasteiger partial charge in [-0.1, -0.05) is 6.92 Å². The normalized spacial score (nSPS) is 13.8. The van der Waals surface area contributed by atoms with E-state index in [1.54, 1.807) is 12.3 Å². The minimum absolute atomic E-state index is 0.352. The van der Waals surface area contributed by atoms with Crippen molar-refractivity contribution >= 4 is 23.8 Å². The first kappa shape index (κ1) is 16.3. The molecule has 0 aliphatic heterocycles. The quantitative estimate of drug-likeness (QED) is 0.417. The van der Waals surface area contributed by atoms with Gasteiger partial charge >= 0.3 is 0 Å². The van der Waals surface area contributed by atoms with E-state index in [0.29, 0.717) is 23.8 Å². The lowest BCUT2D eigenvalue weighted by Gasteiger charge is -2.17. The average molecular weight is 266 g/mol. The summed E-state index contributed by atoms with van der Waals surface area (Å²) in [6.45, 7) is 12.0. The van der Waals surface area contributed by atoms with Gasteiger partial charge in [-0.15, -0.1) is 23.8 Å². The van der Waals surface area contributed by atoms with Gasteiger partial charge in [-0.3, -0.25) is 0 Å². The summed E-state index contributed by atoms with van der Waals surface area (Å²) in [5, 5.41) is 0. The van der Waals surface area contributed by atoms with Crippen molar-refractivity contribution in [2.45, 2.75) is 19.8 Å². The van der Waals surface area contributed by atoms with Gasteiger partial charge < -0.3 is 0 Å². The Hall–Kier alpha value is 1.29. The zero-order chi connectivity index (χ0) is 11.7. The molecule has 0 aliphatic rings. The van der Waals surface area contributed by atoms with Crippen LogP contribution in [0.5, 0.6) is 0 Å². The highest BCUT2D eigenvalue weighted by atomic mass is 31.1. The predicted molar refractivity (Wildman–Crippen MR) is 83.7 cm³/mol. The third kappa shape index (κ3) is 11.6. The van der Waals surface area contributed by atoms with Gasteiger partial charge in [0.15, 0.2) is 0 Å². The van der Waals surface area contributed by atoms with Gasteiger partial charge in [0.05, 0.1) is 0 Å². The van der Waals surface area contributed by atoms with Crippen LogP contribution in [0.15, 0.2) is 0 Å². The van der Waals surface area contributed by atoms with Crippen molar-refractivity contribution in [1.29, 1.82) is 0 Å². The molecule has 0 N–H and O–H groups in total. The smallest absolute Gasteiger partial charge is 0.0287 e. The zero-order valence-electron chi connectivity index (χ0n) is 11.3. The van der Waals surface area contributed by atoms with Crippen molar-refractivity contribution in [1.82, 2.24) is 0 Å². The lowest BCUT2D eigenvalue weighted by atomic mass is 10.4. The molecule has 0 rings (SSSR count). The summed E-state index contributed by atoms with van der Waals surface area (Å²) in [5.74, 6) is 0. The van der Waals surface area contributed by atoms with Crippen molar-refractivity contribution in [3.05, 3.63) is 0 Å². The van der Waals surface area contributed by atoms with E-state index >= 15 is 0 Å². The fraction of sp³-hybridized carbons (Fsp3) is 1.00. The second-order valence-corrected chi connectivity index (χ2v) is 12.8. The Kier molecular flexibility index (Phi) is 11.3. The molecule has 0 heterocycles. The van der Waals surface area contributed by atoms with Crippen LogP contribution in [-0.2, 0) is 0 Å². The molecule has 1 unspecified atom stereocenters. The highest BCUT2D eigenvalue weighted by Gasteiger charge is 2.06. The van der Waals surface area contributed by atoms with Crippen LogP contribution in [0, 0.1) is 0 Å². The molecule has 3 heteroatoms. The lowest BCUT2D eigenvalue weighted by Crippen LogP contribution is -1.97. The van der Waals surface area contributed by atoms with Crippen LogP contribution < -0.4 is 0 Å². The molecule has 0 fully saturated rings. The summed E-state index contributed by atoms with van der Waals surface area (Å²) in [6.07, 6.45) is 10.6. The molecule has 0 bridgehead atoms. The van der Waals surface area contributed by atoms with Crippen LogP contribution in [0.25, 0.3) is 0 Å². The van der Waals surface area contributed by atoms with E-state index in [-0.39, 0.29) is 0 Å². The van der Waals surface area contributed by atoms with Gasteiger partial charge in [0.1, 0.15) is 0 Å². The second-order valence-electron chi connectivity index (χ2n) is 4.75. The molecule has 0 radical (unpaired) electrons. The summed E-state index contributed by atoms with van der Waals surface area (Å²) in [6, 6.07) is 0. The minimum atomic E-state index is 0.352. The first-order valence-corrected chi connectivity index (χ1v) is 12.8. The molecule has 0 aromatic heterocycles. The molecule has 0 amide bonds. The Labute approximate surface area is 101 Å². The van der Waals surface area contributed by atoms with Gasteiger partial charge in [0.25, 0.3) is 0 Å². The van der Waals surface area contributed by atoms with E-state index in [2.05, 4.69) is 33.6 Å². The monoisotopic (exact) mass is 266 g/mol. The number of unbranched alkanes of at least 4 members (excludes halogenated alkanes) is 1. The maximum absolute atomic E-state index is 2.42. The number of hydrogen-bond donors (Lipinski definition) is 0. The highest BCUT2D eigenvalue weighted by Crippen LogP contribution is 2.40.